The van der Waals surface area contributed by atoms with E-state index in [9.17, 15) is 9.18 Å². The van der Waals surface area contributed by atoms with Crippen LogP contribution >= 0.6 is 0 Å². The topological polar surface area (TPSA) is 59.6 Å². The molecule has 5 nitrogen and oxygen atoms in total. The summed E-state index contributed by atoms with van der Waals surface area (Å²) in [5.41, 5.74) is 0.938. The van der Waals surface area contributed by atoms with Gasteiger partial charge in [-0.15, -0.1) is 0 Å². The van der Waals surface area contributed by atoms with Gasteiger partial charge in [0.15, 0.2) is 0 Å². The lowest BCUT2D eigenvalue weighted by Gasteiger charge is -2.10. The van der Waals surface area contributed by atoms with Crippen LogP contribution in [0.15, 0.2) is 42.5 Å². The van der Waals surface area contributed by atoms with Crippen LogP contribution in [0, 0.1) is 12.7 Å². The molecular formula is C18H21FN2O3. The van der Waals surface area contributed by atoms with Gasteiger partial charge in [0.2, 0.25) is 0 Å². The summed E-state index contributed by atoms with van der Waals surface area (Å²) in [4.78, 5) is 11.7. The Bertz CT molecular complexity index is 674. The molecule has 24 heavy (non-hydrogen) atoms. The fourth-order valence-corrected chi connectivity index (χ4v) is 1.98. The number of rotatable bonds is 7. The molecule has 0 bridgehead atoms. The van der Waals surface area contributed by atoms with E-state index in [1.807, 2.05) is 19.1 Å². The van der Waals surface area contributed by atoms with Gasteiger partial charge in [0.25, 0.3) is 0 Å². The highest BCUT2D eigenvalue weighted by Crippen LogP contribution is 2.17. The van der Waals surface area contributed by atoms with Crippen molar-refractivity contribution in [2.75, 3.05) is 25.1 Å². The summed E-state index contributed by atoms with van der Waals surface area (Å²) in [6.45, 7) is 4.85. The molecule has 0 saturated carbocycles. The first-order chi connectivity index (χ1) is 11.6. The third-order valence-electron chi connectivity index (χ3n) is 3.22. The molecule has 0 aliphatic carbocycles. The number of nitrogens with one attached hydrogen (secondary N) is 2. The molecule has 6 heteroatoms. The minimum Gasteiger partial charge on any atom is -0.494 e. The van der Waals surface area contributed by atoms with Gasteiger partial charge in [0, 0.05) is 5.69 Å². The molecule has 0 radical (unpaired) electrons. The van der Waals surface area contributed by atoms with E-state index in [2.05, 4.69) is 10.6 Å². The molecule has 0 aromatic heterocycles. The van der Waals surface area contributed by atoms with Crippen LogP contribution in [0.5, 0.6) is 11.5 Å². The Labute approximate surface area is 140 Å². The lowest BCUT2D eigenvalue weighted by Crippen LogP contribution is -2.32. The largest absolute Gasteiger partial charge is 0.494 e. The number of amides is 2. The number of urea groups is 1. The quantitative estimate of drug-likeness (QED) is 0.760. The van der Waals surface area contributed by atoms with E-state index in [4.69, 9.17) is 9.47 Å². The van der Waals surface area contributed by atoms with Gasteiger partial charge in [-0.1, -0.05) is 6.07 Å². The van der Waals surface area contributed by atoms with Crippen LogP contribution in [0.25, 0.3) is 0 Å². The van der Waals surface area contributed by atoms with Crippen LogP contribution in [0.4, 0.5) is 14.9 Å². The Hall–Kier alpha value is -2.76. The predicted octanol–water partition coefficient (Wildman–Crippen LogP) is 3.73. The molecule has 0 saturated heterocycles. The van der Waals surface area contributed by atoms with E-state index in [0.29, 0.717) is 36.8 Å². The van der Waals surface area contributed by atoms with Crippen molar-refractivity contribution in [3.63, 3.8) is 0 Å². The van der Waals surface area contributed by atoms with Crippen molar-refractivity contribution in [2.24, 2.45) is 0 Å². The molecule has 2 rings (SSSR count). The smallest absolute Gasteiger partial charge is 0.319 e. The molecule has 0 fully saturated rings. The van der Waals surface area contributed by atoms with Gasteiger partial charge in [-0.3, -0.25) is 0 Å². The number of halogens is 1. The van der Waals surface area contributed by atoms with Crippen molar-refractivity contribution in [2.45, 2.75) is 13.8 Å². The van der Waals surface area contributed by atoms with E-state index in [1.165, 1.54) is 6.07 Å². The molecule has 2 aromatic carbocycles. The number of ether oxygens (including phenoxy) is 2. The monoisotopic (exact) mass is 332 g/mol. The minimum absolute atomic E-state index is 0.323. The maximum Gasteiger partial charge on any atom is 0.319 e. The molecule has 128 valence electrons. The summed E-state index contributed by atoms with van der Waals surface area (Å²) in [5, 5.41) is 5.21. The van der Waals surface area contributed by atoms with Gasteiger partial charge < -0.3 is 20.1 Å². The molecule has 0 spiro atoms. The van der Waals surface area contributed by atoms with Gasteiger partial charge in [0.1, 0.15) is 23.9 Å². The zero-order chi connectivity index (χ0) is 17.4. The highest BCUT2D eigenvalue weighted by atomic mass is 19.1. The Balaban J connectivity index is 1.69. The maximum atomic E-state index is 13.4. The van der Waals surface area contributed by atoms with Crippen LogP contribution < -0.4 is 20.1 Å². The second-order valence-corrected chi connectivity index (χ2v) is 5.10. The Morgan fingerprint density at radius 2 is 1.75 bits per heavy atom. The summed E-state index contributed by atoms with van der Waals surface area (Å²) in [6, 6.07) is 11.4. The molecule has 2 amide bonds. The molecule has 2 N–H and O–H groups in total. The zero-order valence-electron chi connectivity index (χ0n) is 13.8. The molecule has 0 atom stereocenters. The standard InChI is InChI=1S/C18H21FN2O3/c1-3-23-15-6-8-16(9-7-15)24-11-10-20-18(22)21-14-5-4-13(2)17(19)12-14/h4-9,12H,3,10-11H2,1-2H3,(H2,20,21,22). The highest BCUT2D eigenvalue weighted by Gasteiger charge is 2.04. The van der Waals surface area contributed by atoms with E-state index in [0.717, 1.165) is 5.75 Å². The lowest BCUT2D eigenvalue weighted by atomic mass is 10.2. The van der Waals surface area contributed by atoms with Crippen LogP contribution in [-0.2, 0) is 0 Å². The third kappa shape index (κ3) is 5.46. The molecule has 2 aromatic rings. The fourth-order valence-electron chi connectivity index (χ4n) is 1.98. The van der Waals surface area contributed by atoms with Gasteiger partial charge in [-0.2, -0.15) is 0 Å². The molecule has 0 aliphatic heterocycles. The van der Waals surface area contributed by atoms with Crippen molar-refractivity contribution in [3.8, 4) is 11.5 Å². The lowest BCUT2D eigenvalue weighted by molar-refractivity contribution is 0.247. The van der Waals surface area contributed by atoms with Crippen molar-refractivity contribution in [1.82, 2.24) is 5.32 Å². The number of carbonyl (C=O) groups is 1. The Morgan fingerprint density at radius 1 is 1.08 bits per heavy atom. The summed E-state index contributed by atoms with van der Waals surface area (Å²) < 4.78 is 24.3. The first kappa shape index (κ1) is 17.6. The average molecular weight is 332 g/mol. The zero-order valence-corrected chi connectivity index (χ0v) is 13.8. The Morgan fingerprint density at radius 3 is 2.38 bits per heavy atom. The van der Waals surface area contributed by atoms with Crippen LogP contribution in [0.1, 0.15) is 12.5 Å². The Kier molecular flexibility index (Phi) is 6.42. The minimum atomic E-state index is -0.409. The third-order valence-corrected chi connectivity index (χ3v) is 3.22. The fraction of sp³-hybridized carbons (Fsp3) is 0.278. The van der Waals surface area contributed by atoms with Crippen LogP contribution in [0.3, 0.4) is 0 Å². The normalized spacial score (nSPS) is 10.1. The van der Waals surface area contributed by atoms with Gasteiger partial charge in [-0.25, -0.2) is 9.18 Å². The average Bonchev–Trinajstić information content (AvgIpc) is 2.57. The number of carbonyl (C=O) groups excluding carboxylic acids is 1. The molecule has 0 aliphatic rings. The maximum absolute atomic E-state index is 13.4. The molecular weight excluding hydrogens is 311 g/mol. The second kappa shape index (κ2) is 8.76. The number of anilines is 1. The van der Waals surface area contributed by atoms with Crippen molar-refractivity contribution >= 4 is 11.7 Å². The summed E-state index contributed by atoms with van der Waals surface area (Å²) in [7, 11) is 0. The summed E-state index contributed by atoms with van der Waals surface area (Å²) in [6.07, 6.45) is 0. The first-order valence-electron chi connectivity index (χ1n) is 7.75. The van der Waals surface area contributed by atoms with E-state index >= 15 is 0 Å². The SMILES string of the molecule is CCOc1ccc(OCCNC(=O)Nc2ccc(C)c(F)c2)cc1. The number of hydrogen-bond donors (Lipinski definition) is 2. The van der Waals surface area contributed by atoms with Gasteiger partial charge in [0.05, 0.1) is 13.2 Å². The second-order valence-electron chi connectivity index (χ2n) is 5.10. The first-order valence-corrected chi connectivity index (χ1v) is 7.75. The molecule has 0 heterocycles. The number of aryl methyl sites for hydroxylation is 1. The van der Waals surface area contributed by atoms with E-state index < -0.39 is 6.03 Å². The number of benzene rings is 2. The van der Waals surface area contributed by atoms with Crippen LogP contribution in [-0.4, -0.2) is 25.8 Å². The van der Waals surface area contributed by atoms with Gasteiger partial charge >= 0.3 is 6.03 Å². The van der Waals surface area contributed by atoms with E-state index in [-0.39, 0.29) is 5.82 Å². The van der Waals surface area contributed by atoms with Crippen molar-refractivity contribution in [1.29, 1.82) is 0 Å². The highest BCUT2D eigenvalue weighted by molar-refractivity contribution is 5.89. The summed E-state index contributed by atoms with van der Waals surface area (Å²) >= 11 is 0. The van der Waals surface area contributed by atoms with E-state index in [1.54, 1.807) is 31.2 Å². The van der Waals surface area contributed by atoms with Crippen LogP contribution in [0.2, 0.25) is 0 Å². The summed E-state index contributed by atoms with van der Waals surface area (Å²) in [5.74, 6) is 1.13. The number of hydrogen-bond acceptors (Lipinski definition) is 3. The van der Waals surface area contributed by atoms with Gasteiger partial charge in [-0.05, 0) is 55.8 Å². The molecule has 0 unspecified atom stereocenters. The van der Waals surface area contributed by atoms with Crippen molar-refractivity contribution in [3.05, 3.63) is 53.8 Å². The predicted molar refractivity (Wildman–Crippen MR) is 91.3 cm³/mol. The van der Waals surface area contributed by atoms with Crippen molar-refractivity contribution < 1.29 is 18.7 Å².